The van der Waals surface area contributed by atoms with Crippen LogP contribution in [0.1, 0.15) is 5.69 Å². The van der Waals surface area contributed by atoms with E-state index >= 15 is 0 Å². The molecule has 3 rings (SSSR count). The number of hydrogen-bond donors (Lipinski definition) is 1. The second kappa shape index (κ2) is 8.49. The van der Waals surface area contributed by atoms with E-state index in [4.69, 9.17) is 0 Å². The average Bonchev–Trinajstić information content (AvgIpc) is 2.82. The third kappa shape index (κ3) is 5.12. The molecule has 0 fully saturated rings. The first-order chi connectivity index (χ1) is 11.5. The summed E-state index contributed by atoms with van der Waals surface area (Å²) in [6.45, 7) is 1.61. The molecule has 0 amide bonds. The largest absolute Gasteiger partial charge is 1.00 e. The summed E-state index contributed by atoms with van der Waals surface area (Å²) < 4.78 is 67.2. The van der Waals surface area contributed by atoms with Gasteiger partial charge in [-0.1, -0.05) is 6.07 Å². The van der Waals surface area contributed by atoms with E-state index in [0.717, 1.165) is 10.7 Å². The maximum atomic E-state index is 11.8. The molecule has 0 atom stereocenters. The number of rotatable bonds is 3. The van der Waals surface area contributed by atoms with Gasteiger partial charge >= 0.3 is 59.1 Å². The van der Waals surface area contributed by atoms with Crippen LogP contribution in [0, 0.1) is 6.92 Å². The Hall–Kier alpha value is -0.470. The topological polar surface area (TPSA) is 152 Å². The zero-order valence-electron chi connectivity index (χ0n) is 14.6. The molecule has 0 aliphatic heterocycles. The molecule has 0 unspecified atom stereocenters. The van der Waals surface area contributed by atoms with Crippen LogP contribution in [-0.2, 0) is 20.2 Å². The number of fused-ring (bicyclic) bond motifs is 1. The first-order valence-corrected chi connectivity index (χ1v) is 9.57. The summed E-state index contributed by atoms with van der Waals surface area (Å²) in [5.74, 6) is -0.431. The van der Waals surface area contributed by atoms with Crippen molar-refractivity contribution < 1.29 is 90.2 Å². The van der Waals surface area contributed by atoms with Gasteiger partial charge in [0, 0.05) is 5.39 Å². The van der Waals surface area contributed by atoms with Crippen LogP contribution in [0.2, 0.25) is 0 Å². The van der Waals surface area contributed by atoms with E-state index in [0.29, 0.717) is 11.8 Å². The van der Waals surface area contributed by atoms with Gasteiger partial charge in [0.25, 0.3) is 10.1 Å². The summed E-state index contributed by atoms with van der Waals surface area (Å²) in [6.07, 6.45) is 0. The van der Waals surface area contributed by atoms with Crippen molar-refractivity contribution in [3.63, 3.8) is 0 Å². The Balaban J connectivity index is 0.00000182. The van der Waals surface area contributed by atoms with Crippen molar-refractivity contribution in [2.45, 2.75) is 16.7 Å². The van der Waals surface area contributed by atoms with E-state index in [2.05, 4.69) is 5.10 Å². The molecule has 1 heterocycles. The normalized spacial score (nSPS) is 11.7. The van der Waals surface area contributed by atoms with Crippen LogP contribution >= 0.6 is 0 Å². The summed E-state index contributed by atoms with van der Waals surface area (Å²) in [5, 5.41) is 15.9. The Labute approximate surface area is 199 Å². The zero-order chi connectivity index (χ0) is 18.6. The Morgan fingerprint density at radius 1 is 1.04 bits per heavy atom. The maximum Gasteiger partial charge on any atom is 1.00 e. The monoisotopic (exact) mass is 428 g/mol. The number of hydrogen-bond acceptors (Lipinski definition) is 7. The number of benzene rings is 2. The first-order valence-electron chi connectivity index (χ1n) is 6.72. The Morgan fingerprint density at radius 2 is 1.67 bits per heavy atom. The fraction of sp³-hybridized carbons (Fsp3) is 0.0714. The van der Waals surface area contributed by atoms with Gasteiger partial charge in [-0.25, -0.2) is 13.1 Å². The number of aromatic nitrogens is 2. The Kier molecular flexibility index (Phi) is 7.73. The fourth-order valence-corrected chi connectivity index (χ4v) is 3.79. The summed E-state index contributed by atoms with van der Waals surface area (Å²) in [6, 6.07) is 6.81. The summed E-state index contributed by atoms with van der Waals surface area (Å²) >= 11 is 0. The molecule has 0 aliphatic carbocycles. The summed E-state index contributed by atoms with van der Waals surface area (Å²) in [7, 11) is -9.75. The van der Waals surface area contributed by atoms with Gasteiger partial charge in [-0.05, 0) is 48.5 Å². The molecular formula is C14H10N2Na2O7S2. The molecule has 2 aromatic carbocycles. The van der Waals surface area contributed by atoms with E-state index in [1.807, 2.05) is 0 Å². The molecule has 0 radical (unpaired) electrons. The third-order valence-electron chi connectivity index (χ3n) is 3.48. The van der Waals surface area contributed by atoms with Gasteiger partial charge in [0.05, 0.1) is 16.3 Å². The molecule has 1 N–H and O–H groups in total. The molecule has 3 aromatic rings. The number of aryl methyl sites for hydroxylation is 1. The van der Waals surface area contributed by atoms with Gasteiger partial charge < -0.3 is 9.66 Å². The summed E-state index contributed by atoms with van der Waals surface area (Å²) in [4.78, 5) is -1.53. The molecule has 0 aliphatic rings. The molecule has 0 saturated carbocycles. The van der Waals surface area contributed by atoms with Crippen LogP contribution in [0.3, 0.4) is 0 Å². The van der Waals surface area contributed by atoms with Crippen molar-refractivity contribution in [1.82, 2.24) is 9.78 Å². The Morgan fingerprint density at radius 3 is 2.15 bits per heavy atom. The van der Waals surface area contributed by atoms with Crippen LogP contribution in [-0.4, -0.2) is 35.7 Å². The molecule has 0 spiro atoms. The molecular weight excluding hydrogens is 418 g/mol. The quantitative estimate of drug-likeness (QED) is 0.320. The van der Waals surface area contributed by atoms with Crippen LogP contribution in [0.25, 0.3) is 16.5 Å². The molecule has 0 bridgehead atoms. The van der Waals surface area contributed by atoms with Gasteiger partial charge in [-0.15, -0.1) is 0 Å². The van der Waals surface area contributed by atoms with Crippen molar-refractivity contribution >= 4 is 31.0 Å². The van der Waals surface area contributed by atoms with E-state index in [1.54, 1.807) is 6.92 Å². The predicted octanol–water partition coefficient (Wildman–Crippen LogP) is -5.43. The van der Waals surface area contributed by atoms with Crippen molar-refractivity contribution in [3.8, 4) is 11.6 Å². The first kappa shape index (κ1) is 24.6. The second-order valence-corrected chi connectivity index (χ2v) is 8.06. The third-order valence-corrected chi connectivity index (χ3v) is 5.19. The zero-order valence-corrected chi connectivity index (χ0v) is 20.2. The van der Waals surface area contributed by atoms with Gasteiger partial charge in [0.1, 0.15) is 15.0 Å². The average molecular weight is 428 g/mol. The van der Waals surface area contributed by atoms with Crippen molar-refractivity contribution in [2.24, 2.45) is 0 Å². The fourth-order valence-electron chi connectivity index (χ4n) is 2.45. The van der Waals surface area contributed by atoms with Crippen molar-refractivity contribution in [3.05, 3.63) is 42.1 Å². The van der Waals surface area contributed by atoms with Crippen molar-refractivity contribution in [1.29, 1.82) is 0 Å². The van der Waals surface area contributed by atoms with E-state index < -0.39 is 35.9 Å². The molecule has 9 nitrogen and oxygen atoms in total. The minimum absolute atomic E-state index is 0. The maximum absolute atomic E-state index is 11.8. The SMILES string of the molecule is Cc1cc([O-])n(-c2ccc3c(S(=O)(=O)O)cc(S(=O)(=O)[O-])cc3c2)n1.[Na+].[Na+]. The molecule has 13 heteroatoms. The minimum atomic E-state index is -4.97. The molecule has 1 aromatic heterocycles. The van der Waals surface area contributed by atoms with Gasteiger partial charge in [0.2, 0.25) is 0 Å². The predicted molar refractivity (Wildman–Crippen MR) is 83.0 cm³/mol. The molecule has 27 heavy (non-hydrogen) atoms. The van der Waals surface area contributed by atoms with Crippen molar-refractivity contribution in [2.75, 3.05) is 0 Å². The van der Waals surface area contributed by atoms with Gasteiger partial charge in [-0.2, -0.15) is 13.5 Å². The van der Waals surface area contributed by atoms with E-state index in [-0.39, 0.29) is 75.6 Å². The smallest absolute Gasteiger partial charge is 0.859 e. The Bertz CT molecular complexity index is 1220. The minimum Gasteiger partial charge on any atom is -0.859 e. The van der Waals surface area contributed by atoms with E-state index in [9.17, 15) is 31.0 Å². The van der Waals surface area contributed by atoms with Crippen LogP contribution in [0.5, 0.6) is 5.88 Å². The van der Waals surface area contributed by atoms with Crippen LogP contribution < -0.4 is 64.2 Å². The van der Waals surface area contributed by atoms with Crippen LogP contribution in [0.4, 0.5) is 0 Å². The second-order valence-electron chi connectivity index (χ2n) is 5.29. The molecule has 0 saturated heterocycles. The van der Waals surface area contributed by atoms with Crippen LogP contribution in [0.15, 0.2) is 46.2 Å². The van der Waals surface area contributed by atoms with E-state index in [1.165, 1.54) is 24.3 Å². The van der Waals surface area contributed by atoms with Gasteiger partial charge in [-0.3, -0.25) is 4.55 Å². The molecule has 132 valence electrons. The summed E-state index contributed by atoms with van der Waals surface area (Å²) in [5.41, 5.74) is 0.701. The number of nitrogens with zero attached hydrogens (tertiary/aromatic N) is 2. The van der Waals surface area contributed by atoms with Gasteiger partial charge in [0.15, 0.2) is 0 Å². The standard InChI is InChI=1S/C14H12N2O7S2.2Na/c1-8-4-14(17)16(15-8)10-2-3-12-9(5-10)6-11(24(18,19)20)7-13(12)25(21,22)23;;/h2-7,17H,1H3,(H,18,19,20)(H,21,22,23);;/q;2*+1/p-2.